The molecule has 2 fully saturated rings. The van der Waals surface area contributed by atoms with Crippen molar-refractivity contribution in [3.05, 3.63) is 0 Å². The standard InChI is InChI=1S/C27H47F2N5O6S/c1-25(2,3)17(13-33(9)41(10,39)40)31-24(38)32-21(26(4,5)6)23(37)34-12-16-19(27(16,7)8)20(34)22(36)30-15(14-35)11-18(28)29/h14-21H,11-13H2,1-10H3,(H,30,36)(H2,31,32,38)/t15-,16?,17+,19?,20-,21+/m0/s1. The third kappa shape index (κ3) is 8.36. The Hall–Kier alpha value is -2.35. The summed E-state index contributed by atoms with van der Waals surface area (Å²) in [6.07, 6.45) is -2.29. The second-order valence-electron chi connectivity index (χ2n) is 14.1. The molecule has 0 spiro atoms. The molecule has 0 aromatic rings. The first-order chi connectivity index (χ1) is 18.4. The predicted octanol–water partition coefficient (Wildman–Crippen LogP) is 1.83. The molecule has 236 valence electrons. The highest BCUT2D eigenvalue weighted by atomic mass is 32.2. The first-order valence-electron chi connectivity index (χ1n) is 13.8. The van der Waals surface area contributed by atoms with Gasteiger partial charge in [-0.05, 0) is 28.1 Å². The van der Waals surface area contributed by atoms with Crippen molar-refractivity contribution in [2.24, 2.45) is 28.1 Å². The molecule has 0 aromatic carbocycles. The Labute approximate surface area is 242 Å². The molecule has 1 aliphatic carbocycles. The lowest BCUT2D eigenvalue weighted by molar-refractivity contribution is -0.144. The number of hydrogen-bond donors (Lipinski definition) is 3. The number of amides is 4. The molecule has 3 N–H and O–H groups in total. The van der Waals surface area contributed by atoms with E-state index in [1.807, 2.05) is 34.6 Å². The van der Waals surface area contributed by atoms with E-state index in [1.54, 1.807) is 20.8 Å². The number of sulfonamides is 1. The zero-order valence-electron chi connectivity index (χ0n) is 25.7. The molecule has 2 rings (SSSR count). The maximum atomic E-state index is 14.0. The number of fused-ring (bicyclic) bond motifs is 1. The molecule has 0 aromatic heterocycles. The number of urea groups is 1. The van der Waals surface area contributed by atoms with E-state index in [2.05, 4.69) is 16.0 Å². The van der Waals surface area contributed by atoms with E-state index in [4.69, 9.17) is 0 Å². The largest absolute Gasteiger partial charge is 0.345 e. The minimum Gasteiger partial charge on any atom is -0.345 e. The average molecular weight is 608 g/mol. The highest BCUT2D eigenvalue weighted by Crippen LogP contribution is 2.65. The van der Waals surface area contributed by atoms with Gasteiger partial charge in [-0.2, -0.15) is 0 Å². The number of likely N-dealkylation sites (tertiary alicyclic amines) is 1. The number of likely N-dealkylation sites (N-methyl/N-ethyl adjacent to an activating group) is 1. The van der Waals surface area contributed by atoms with Crippen molar-refractivity contribution >= 4 is 34.2 Å². The molecule has 11 nitrogen and oxygen atoms in total. The molecule has 1 aliphatic heterocycles. The molecule has 6 atom stereocenters. The van der Waals surface area contributed by atoms with Gasteiger partial charge in [-0.3, -0.25) is 9.59 Å². The van der Waals surface area contributed by atoms with Crippen LogP contribution < -0.4 is 16.0 Å². The number of hydrogen-bond acceptors (Lipinski definition) is 6. The van der Waals surface area contributed by atoms with Gasteiger partial charge in [-0.1, -0.05) is 55.4 Å². The molecular formula is C27H47F2N5O6S. The van der Waals surface area contributed by atoms with Crippen LogP contribution in [0.2, 0.25) is 0 Å². The van der Waals surface area contributed by atoms with Crippen LogP contribution in [0.4, 0.5) is 13.6 Å². The van der Waals surface area contributed by atoms with Crippen molar-refractivity contribution in [2.45, 2.75) is 92.4 Å². The predicted molar refractivity (Wildman–Crippen MR) is 151 cm³/mol. The lowest BCUT2D eigenvalue weighted by Gasteiger charge is -2.39. The van der Waals surface area contributed by atoms with Gasteiger partial charge >= 0.3 is 6.03 Å². The third-order valence-electron chi connectivity index (χ3n) is 8.43. The normalized spacial score (nSPS) is 24.3. The summed E-state index contributed by atoms with van der Waals surface area (Å²) in [5, 5.41) is 7.93. The van der Waals surface area contributed by atoms with Gasteiger partial charge in [0.15, 0.2) is 0 Å². The van der Waals surface area contributed by atoms with Crippen molar-refractivity contribution in [2.75, 3.05) is 26.4 Å². The molecule has 41 heavy (non-hydrogen) atoms. The Morgan fingerprint density at radius 1 is 1.05 bits per heavy atom. The molecule has 14 heteroatoms. The van der Waals surface area contributed by atoms with E-state index in [9.17, 15) is 36.4 Å². The number of nitrogens with one attached hydrogen (secondary N) is 3. The summed E-state index contributed by atoms with van der Waals surface area (Å²) >= 11 is 0. The number of piperidine rings is 1. The number of alkyl halides is 2. The number of carbonyl (C=O) groups is 4. The highest BCUT2D eigenvalue weighted by Gasteiger charge is 2.69. The van der Waals surface area contributed by atoms with E-state index >= 15 is 0 Å². The van der Waals surface area contributed by atoms with Gasteiger partial charge < -0.3 is 25.6 Å². The molecule has 2 unspecified atom stereocenters. The van der Waals surface area contributed by atoms with Crippen molar-refractivity contribution in [3.63, 3.8) is 0 Å². The number of aldehydes is 1. The number of rotatable bonds is 11. The second kappa shape index (κ2) is 12.1. The minimum absolute atomic E-state index is 0.00164. The molecule has 0 radical (unpaired) electrons. The van der Waals surface area contributed by atoms with E-state index in [0.717, 1.165) is 10.6 Å². The molecule has 1 heterocycles. The molecular weight excluding hydrogens is 560 g/mol. The van der Waals surface area contributed by atoms with Gasteiger partial charge in [0.2, 0.25) is 28.3 Å². The maximum Gasteiger partial charge on any atom is 0.315 e. The Kier molecular flexibility index (Phi) is 10.3. The average Bonchev–Trinajstić information content (AvgIpc) is 3.13. The van der Waals surface area contributed by atoms with Crippen LogP contribution in [0.1, 0.15) is 61.8 Å². The Bertz CT molecular complexity index is 1120. The molecule has 2 aliphatic rings. The zero-order valence-corrected chi connectivity index (χ0v) is 26.6. The second-order valence-corrected chi connectivity index (χ2v) is 16.2. The van der Waals surface area contributed by atoms with E-state index in [0.29, 0.717) is 0 Å². The van der Waals surface area contributed by atoms with E-state index < -0.39 is 75.7 Å². The fourth-order valence-corrected chi connectivity index (χ4v) is 5.92. The van der Waals surface area contributed by atoms with Crippen LogP contribution in [-0.2, 0) is 24.4 Å². The van der Waals surface area contributed by atoms with Crippen molar-refractivity contribution in [1.29, 1.82) is 0 Å². The summed E-state index contributed by atoms with van der Waals surface area (Å²) in [6, 6.07) is -4.73. The topological polar surface area (TPSA) is 145 Å². The fraction of sp³-hybridized carbons (Fsp3) is 0.852. The highest BCUT2D eigenvalue weighted by molar-refractivity contribution is 7.88. The lowest BCUT2D eigenvalue weighted by Crippen LogP contribution is -2.62. The summed E-state index contributed by atoms with van der Waals surface area (Å²) < 4.78 is 50.9. The lowest BCUT2D eigenvalue weighted by atomic mass is 9.85. The first-order valence-corrected chi connectivity index (χ1v) is 15.6. The van der Waals surface area contributed by atoms with Crippen LogP contribution in [-0.4, -0.2) is 98.7 Å². The number of carbonyl (C=O) groups excluding carboxylic acids is 4. The Morgan fingerprint density at radius 2 is 1.61 bits per heavy atom. The number of nitrogens with zero attached hydrogens (tertiary/aromatic N) is 2. The van der Waals surface area contributed by atoms with Gasteiger partial charge in [-0.15, -0.1) is 0 Å². The van der Waals surface area contributed by atoms with Crippen molar-refractivity contribution < 1.29 is 36.4 Å². The quantitative estimate of drug-likeness (QED) is 0.306. The number of halogens is 2. The summed E-state index contributed by atoms with van der Waals surface area (Å²) in [4.78, 5) is 53.2. The first kappa shape index (κ1) is 34.8. The molecule has 0 bridgehead atoms. The SMILES string of the molecule is CN(C[C@@H](NC(=O)N[C@H](C(=O)N1CC2C([C@H]1C(=O)N[C@H](C=O)CC(F)F)C2(C)C)C(C)(C)C)C(C)(C)C)S(C)(=O)=O. The minimum atomic E-state index is -3.51. The van der Waals surface area contributed by atoms with E-state index in [-0.39, 0.29) is 36.6 Å². The zero-order chi connectivity index (χ0) is 31.9. The van der Waals surface area contributed by atoms with Crippen LogP contribution in [0.15, 0.2) is 0 Å². The van der Waals surface area contributed by atoms with Crippen molar-refractivity contribution in [1.82, 2.24) is 25.2 Å². The third-order valence-corrected chi connectivity index (χ3v) is 9.71. The van der Waals surface area contributed by atoms with Crippen molar-refractivity contribution in [3.8, 4) is 0 Å². The summed E-state index contributed by atoms with van der Waals surface area (Å²) in [7, 11) is -2.09. The van der Waals surface area contributed by atoms with Crippen LogP contribution in [0, 0.1) is 28.1 Å². The van der Waals surface area contributed by atoms with E-state index in [1.165, 1.54) is 11.9 Å². The smallest absolute Gasteiger partial charge is 0.315 e. The summed E-state index contributed by atoms with van der Waals surface area (Å²) in [5.74, 6) is -1.41. The summed E-state index contributed by atoms with van der Waals surface area (Å²) in [5.41, 5.74) is -1.58. The van der Waals surface area contributed by atoms with Crippen LogP contribution >= 0.6 is 0 Å². The maximum absolute atomic E-state index is 14.0. The fourth-order valence-electron chi connectivity index (χ4n) is 5.50. The molecule has 1 saturated carbocycles. The summed E-state index contributed by atoms with van der Waals surface area (Å²) in [6.45, 7) is 15.0. The molecule has 1 saturated heterocycles. The molecule has 4 amide bonds. The Balaban J connectivity index is 2.29. The van der Waals surface area contributed by atoms with Gasteiger partial charge in [0, 0.05) is 32.6 Å². The van der Waals surface area contributed by atoms with Gasteiger partial charge in [-0.25, -0.2) is 26.3 Å². The van der Waals surface area contributed by atoms with Gasteiger partial charge in [0.05, 0.1) is 12.3 Å². The van der Waals surface area contributed by atoms with Crippen LogP contribution in [0.5, 0.6) is 0 Å². The Morgan fingerprint density at radius 3 is 2.05 bits per heavy atom. The van der Waals surface area contributed by atoms with Crippen LogP contribution in [0.25, 0.3) is 0 Å². The van der Waals surface area contributed by atoms with Gasteiger partial charge in [0.25, 0.3) is 0 Å². The van der Waals surface area contributed by atoms with Gasteiger partial charge in [0.1, 0.15) is 18.4 Å². The monoisotopic (exact) mass is 607 g/mol. The van der Waals surface area contributed by atoms with Crippen LogP contribution in [0.3, 0.4) is 0 Å².